The maximum absolute atomic E-state index is 5.61. The van der Waals surface area contributed by atoms with Crippen LogP contribution in [0, 0.1) is 5.92 Å². The highest BCUT2D eigenvalue weighted by atomic mass is 16.5. The van der Waals surface area contributed by atoms with Crippen molar-refractivity contribution in [3.8, 4) is 0 Å². The van der Waals surface area contributed by atoms with Crippen molar-refractivity contribution in [3.05, 3.63) is 35.4 Å². The minimum absolute atomic E-state index is 0.123. The molecule has 0 bridgehead atoms. The van der Waals surface area contributed by atoms with Crippen LogP contribution in [0.5, 0.6) is 0 Å². The SMILES string of the molecule is COC1(CNCc2ccc(CC(C)C)cc2)CCC1. The van der Waals surface area contributed by atoms with Gasteiger partial charge in [-0.25, -0.2) is 0 Å². The molecule has 0 aromatic heterocycles. The molecule has 2 heteroatoms. The van der Waals surface area contributed by atoms with Crippen molar-refractivity contribution in [1.82, 2.24) is 5.32 Å². The first-order valence-corrected chi connectivity index (χ1v) is 7.47. The Morgan fingerprint density at radius 2 is 1.79 bits per heavy atom. The van der Waals surface area contributed by atoms with Crippen LogP contribution in [0.15, 0.2) is 24.3 Å². The molecule has 0 unspecified atom stereocenters. The molecule has 1 fully saturated rings. The zero-order chi connectivity index (χ0) is 13.7. The summed E-state index contributed by atoms with van der Waals surface area (Å²) in [4.78, 5) is 0. The largest absolute Gasteiger partial charge is 0.377 e. The molecule has 1 aliphatic carbocycles. The van der Waals surface area contributed by atoms with Gasteiger partial charge in [0.15, 0.2) is 0 Å². The molecule has 0 spiro atoms. The van der Waals surface area contributed by atoms with Gasteiger partial charge < -0.3 is 10.1 Å². The van der Waals surface area contributed by atoms with Crippen LogP contribution in [0.2, 0.25) is 0 Å². The summed E-state index contributed by atoms with van der Waals surface area (Å²) in [5, 5.41) is 3.53. The van der Waals surface area contributed by atoms with Crippen molar-refractivity contribution in [1.29, 1.82) is 0 Å². The number of nitrogens with one attached hydrogen (secondary N) is 1. The zero-order valence-electron chi connectivity index (χ0n) is 12.5. The Hall–Kier alpha value is -0.860. The van der Waals surface area contributed by atoms with Gasteiger partial charge in [-0.15, -0.1) is 0 Å². The summed E-state index contributed by atoms with van der Waals surface area (Å²) in [7, 11) is 1.83. The highest BCUT2D eigenvalue weighted by molar-refractivity contribution is 5.22. The van der Waals surface area contributed by atoms with Crippen LogP contribution in [-0.2, 0) is 17.7 Å². The first kappa shape index (κ1) is 14.5. The number of benzene rings is 1. The molecule has 1 saturated carbocycles. The molecule has 0 amide bonds. The summed E-state index contributed by atoms with van der Waals surface area (Å²) >= 11 is 0. The average Bonchev–Trinajstić information content (AvgIpc) is 2.34. The van der Waals surface area contributed by atoms with E-state index in [4.69, 9.17) is 4.74 Å². The fourth-order valence-electron chi connectivity index (χ4n) is 2.72. The summed E-state index contributed by atoms with van der Waals surface area (Å²) in [5.41, 5.74) is 2.92. The van der Waals surface area contributed by atoms with E-state index in [-0.39, 0.29) is 5.60 Å². The Labute approximate surface area is 117 Å². The molecule has 0 atom stereocenters. The van der Waals surface area contributed by atoms with E-state index >= 15 is 0 Å². The van der Waals surface area contributed by atoms with Gasteiger partial charge in [0.1, 0.15) is 0 Å². The first-order valence-electron chi connectivity index (χ1n) is 7.47. The highest BCUT2D eigenvalue weighted by Crippen LogP contribution is 2.34. The maximum atomic E-state index is 5.61. The topological polar surface area (TPSA) is 21.3 Å². The molecule has 0 heterocycles. The fourth-order valence-corrected chi connectivity index (χ4v) is 2.72. The Balaban J connectivity index is 1.76. The van der Waals surface area contributed by atoms with Crippen LogP contribution in [0.3, 0.4) is 0 Å². The Morgan fingerprint density at radius 3 is 2.26 bits per heavy atom. The van der Waals surface area contributed by atoms with Gasteiger partial charge in [-0.1, -0.05) is 38.1 Å². The number of hydrogen-bond acceptors (Lipinski definition) is 2. The van der Waals surface area contributed by atoms with E-state index in [2.05, 4.69) is 43.4 Å². The van der Waals surface area contributed by atoms with Crippen molar-refractivity contribution < 1.29 is 4.74 Å². The minimum Gasteiger partial charge on any atom is -0.377 e. The van der Waals surface area contributed by atoms with Crippen molar-refractivity contribution in [2.24, 2.45) is 5.92 Å². The minimum atomic E-state index is 0.123. The number of hydrogen-bond donors (Lipinski definition) is 1. The van der Waals surface area contributed by atoms with Gasteiger partial charge in [-0.05, 0) is 42.7 Å². The fraction of sp³-hybridized carbons (Fsp3) is 0.647. The van der Waals surface area contributed by atoms with E-state index in [1.807, 2.05) is 7.11 Å². The lowest BCUT2D eigenvalue weighted by atomic mass is 9.80. The molecular formula is C17H27NO. The third kappa shape index (κ3) is 4.05. The normalized spacial score (nSPS) is 17.5. The summed E-state index contributed by atoms with van der Waals surface area (Å²) in [5.74, 6) is 0.726. The monoisotopic (exact) mass is 261 g/mol. The van der Waals surface area contributed by atoms with Gasteiger partial charge in [-0.2, -0.15) is 0 Å². The summed E-state index contributed by atoms with van der Waals surface area (Å²) in [6.07, 6.45) is 4.87. The molecule has 2 nitrogen and oxygen atoms in total. The zero-order valence-corrected chi connectivity index (χ0v) is 12.5. The van der Waals surface area contributed by atoms with Crippen molar-refractivity contribution >= 4 is 0 Å². The average molecular weight is 261 g/mol. The molecule has 1 aromatic carbocycles. The predicted molar refractivity (Wildman–Crippen MR) is 80.3 cm³/mol. The Bertz CT molecular complexity index is 373. The molecule has 106 valence electrons. The van der Waals surface area contributed by atoms with Crippen molar-refractivity contribution in [3.63, 3.8) is 0 Å². The molecule has 1 aliphatic rings. The van der Waals surface area contributed by atoms with Crippen LogP contribution in [-0.4, -0.2) is 19.3 Å². The molecule has 19 heavy (non-hydrogen) atoms. The van der Waals surface area contributed by atoms with E-state index < -0.39 is 0 Å². The smallest absolute Gasteiger partial charge is 0.0802 e. The maximum Gasteiger partial charge on any atom is 0.0802 e. The number of rotatable bonds is 7. The predicted octanol–water partition coefficient (Wildman–Crippen LogP) is 3.54. The van der Waals surface area contributed by atoms with E-state index in [1.54, 1.807) is 0 Å². The van der Waals surface area contributed by atoms with Gasteiger partial charge in [-0.3, -0.25) is 0 Å². The first-order chi connectivity index (χ1) is 9.13. The van der Waals surface area contributed by atoms with Crippen LogP contribution in [0.4, 0.5) is 0 Å². The molecule has 1 N–H and O–H groups in total. The van der Waals surface area contributed by atoms with Gasteiger partial charge in [0.2, 0.25) is 0 Å². The van der Waals surface area contributed by atoms with Gasteiger partial charge in [0.05, 0.1) is 5.60 Å². The summed E-state index contributed by atoms with van der Waals surface area (Å²) in [6.45, 7) is 6.43. The molecule has 0 saturated heterocycles. The van der Waals surface area contributed by atoms with Crippen LogP contribution in [0.25, 0.3) is 0 Å². The lowest BCUT2D eigenvalue weighted by molar-refractivity contribution is -0.0695. The summed E-state index contributed by atoms with van der Waals surface area (Å²) in [6, 6.07) is 8.99. The summed E-state index contributed by atoms with van der Waals surface area (Å²) < 4.78 is 5.61. The van der Waals surface area contributed by atoms with E-state index in [0.29, 0.717) is 0 Å². The second-order valence-electron chi connectivity index (χ2n) is 6.26. The number of methoxy groups -OCH3 is 1. The van der Waals surface area contributed by atoms with Crippen LogP contribution < -0.4 is 5.32 Å². The number of ether oxygens (including phenoxy) is 1. The van der Waals surface area contributed by atoms with Gasteiger partial charge in [0, 0.05) is 20.2 Å². The van der Waals surface area contributed by atoms with E-state index in [9.17, 15) is 0 Å². The highest BCUT2D eigenvalue weighted by Gasteiger charge is 2.36. The third-order valence-corrected chi connectivity index (χ3v) is 4.14. The van der Waals surface area contributed by atoms with Crippen LogP contribution in [0.1, 0.15) is 44.2 Å². The van der Waals surface area contributed by atoms with Crippen molar-refractivity contribution in [2.45, 2.75) is 51.7 Å². The van der Waals surface area contributed by atoms with E-state index in [1.165, 1.54) is 36.8 Å². The van der Waals surface area contributed by atoms with Gasteiger partial charge >= 0.3 is 0 Å². The molecular weight excluding hydrogens is 234 g/mol. The molecule has 0 radical (unpaired) electrons. The standard InChI is InChI=1S/C17H27NO/c1-14(2)11-15-5-7-16(8-6-15)12-18-13-17(19-3)9-4-10-17/h5-8,14,18H,4,9-13H2,1-3H3. The van der Waals surface area contributed by atoms with Crippen molar-refractivity contribution in [2.75, 3.05) is 13.7 Å². The molecule has 1 aromatic rings. The molecule has 2 rings (SSSR count). The van der Waals surface area contributed by atoms with E-state index in [0.717, 1.165) is 19.0 Å². The quantitative estimate of drug-likeness (QED) is 0.810. The third-order valence-electron chi connectivity index (χ3n) is 4.14. The molecule has 0 aliphatic heterocycles. The lowest BCUT2D eigenvalue weighted by Crippen LogP contribution is -2.47. The lowest BCUT2D eigenvalue weighted by Gasteiger charge is -2.40. The van der Waals surface area contributed by atoms with Crippen LogP contribution >= 0.6 is 0 Å². The second kappa shape index (κ2) is 6.53. The van der Waals surface area contributed by atoms with Gasteiger partial charge in [0.25, 0.3) is 0 Å². The Kier molecular flexibility index (Phi) is 5.00. The Morgan fingerprint density at radius 1 is 1.16 bits per heavy atom. The second-order valence-corrected chi connectivity index (χ2v) is 6.26.